The zero-order chi connectivity index (χ0) is 22.5. The first-order chi connectivity index (χ1) is 15.4. The van der Waals surface area contributed by atoms with E-state index in [9.17, 15) is 0 Å². The van der Waals surface area contributed by atoms with Gasteiger partial charge >= 0.3 is 0 Å². The Balaban J connectivity index is 0. The molecule has 2 nitrogen and oxygen atoms in total. The highest BCUT2D eigenvalue weighted by atomic mass is 16.2. The Morgan fingerprint density at radius 3 is 0.594 bits per heavy atom. The van der Waals surface area contributed by atoms with Crippen LogP contribution in [0.15, 0.2) is 0 Å². The average molecular weight is 457 g/mol. The molecule has 0 spiro atoms. The van der Waals surface area contributed by atoms with Crippen LogP contribution >= 0.6 is 0 Å². The molecule has 0 fully saturated rings. The fraction of sp³-hybridized carbons (Fsp3) is 1.00. The molecule has 0 aromatic heterocycles. The number of hydrogen-bond acceptors (Lipinski definition) is 1. The van der Waals surface area contributed by atoms with Gasteiger partial charge in [-0.1, -0.05) is 180 Å². The lowest BCUT2D eigenvalue weighted by Crippen LogP contribution is -1.85. The van der Waals surface area contributed by atoms with E-state index in [1.165, 1.54) is 173 Å². The molecule has 196 valence electrons. The van der Waals surface area contributed by atoms with E-state index in [4.69, 9.17) is 5.11 Å². The second-order valence-corrected chi connectivity index (χ2v) is 10.3. The van der Waals surface area contributed by atoms with Gasteiger partial charge < -0.3 is 10.6 Å². The summed E-state index contributed by atoms with van der Waals surface area (Å²) in [5.41, 5.74) is 0. The molecule has 0 bridgehead atoms. The summed E-state index contributed by atoms with van der Waals surface area (Å²) >= 11 is 0. The molecule has 0 aliphatic carbocycles. The highest BCUT2D eigenvalue weighted by molar-refractivity contribution is 4.52. The summed E-state index contributed by atoms with van der Waals surface area (Å²) in [7, 11) is 0. The lowest BCUT2D eigenvalue weighted by molar-refractivity contribution is 0.282. The van der Waals surface area contributed by atoms with Gasteiger partial charge in [0, 0.05) is 6.61 Å². The highest BCUT2D eigenvalue weighted by Gasteiger charge is 1.96. The number of aliphatic hydroxyl groups excluding tert-OH is 1. The minimum atomic E-state index is 0. The molecule has 0 saturated heterocycles. The van der Waals surface area contributed by atoms with E-state index in [1.807, 2.05) is 0 Å². The molecular formula is C30H64O2. The van der Waals surface area contributed by atoms with Gasteiger partial charge in [-0.15, -0.1) is 0 Å². The molecule has 0 radical (unpaired) electrons. The van der Waals surface area contributed by atoms with Crippen LogP contribution in [0.25, 0.3) is 0 Å². The maximum absolute atomic E-state index is 8.76. The van der Waals surface area contributed by atoms with Crippen molar-refractivity contribution in [2.24, 2.45) is 0 Å². The van der Waals surface area contributed by atoms with Crippen molar-refractivity contribution in [2.75, 3.05) is 6.61 Å². The Kier molecular flexibility index (Phi) is 35.3. The fourth-order valence-corrected chi connectivity index (χ4v) is 4.78. The Morgan fingerprint density at radius 1 is 0.281 bits per heavy atom. The first kappa shape index (κ1) is 34.1. The number of unbranched alkanes of at least 4 members (excludes halogenated alkanes) is 27. The van der Waals surface area contributed by atoms with E-state index < -0.39 is 0 Å². The van der Waals surface area contributed by atoms with Gasteiger partial charge in [-0.05, 0) is 6.42 Å². The summed E-state index contributed by atoms with van der Waals surface area (Å²) in [4.78, 5) is 0. The van der Waals surface area contributed by atoms with Crippen LogP contribution in [0.5, 0.6) is 0 Å². The second-order valence-electron chi connectivity index (χ2n) is 10.3. The average Bonchev–Trinajstić information content (AvgIpc) is 2.78. The van der Waals surface area contributed by atoms with Gasteiger partial charge in [-0.25, -0.2) is 0 Å². The van der Waals surface area contributed by atoms with Crippen molar-refractivity contribution in [2.45, 2.75) is 187 Å². The third-order valence-electron chi connectivity index (χ3n) is 7.01. The number of rotatable bonds is 28. The predicted molar refractivity (Wildman–Crippen MR) is 146 cm³/mol. The Morgan fingerprint density at radius 2 is 0.438 bits per heavy atom. The van der Waals surface area contributed by atoms with Crippen LogP contribution in [0.4, 0.5) is 0 Å². The van der Waals surface area contributed by atoms with Gasteiger partial charge in [0.2, 0.25) is 0 Å². The van der Waals surface area contributed by atoms with Crippen molar-refractivity contribution in [1.29, 1.82) is 0 Å². The van der Waals surface area contributed by atoms with Crippen molar-refractivity contribution in [1.82, 2.24) is 0 Å². The van der Waals surface area contributed by atoms with Gasteiger partial charge in [0.25, 0.3) is 0 Å². The molecule has 0 aliphatic heterocycles. The molecule has 32 heavy (non-hydrogen) atoms. The lowest BCUT2D eigenvalue weighted by atomic mass is 10.0. The highest BCUT2D eigenvalue weighted by Crippen LogP contribution is 2.16. The predicted octanol–water partition coefficient (Wildman–Crippen LogP) is 10.1. The van der Waals surface area contributed by atoms with Crippen LogP contribution in [0.3, 0.4) is 0 Å². The summed E-state index contributed by atoms with van der Waals surface area (Å²) in [6, 6.07) is 0. The van der Waals surface area contributed by atoms with Crippen LogP contribution in [0, 0.1) is 0 Å². The van der Waals surface area contributed by atoms with Crippen molar-refractivity contribution in [3.63, 3.8) is 0 Å². The molecule has 0 amide bonds. The Hall–Kier alpha value is -0.0800. The molecule has 0 aromatic rings. The van der Waals surface area contributed by atoms with Crippen molar-refractivity contribution in [3.05, 3.63) is 0 Å². The maximum Gasteiger partial charge on any atom is 0.0431 e. The summed E-state index contributed by atoms with van der Waals surface area (Å²) in [6.45, 7) is 2.68. The SMILES string of the molecule is CCCCCCCCCCCCCCCCCCCCCCCCCCCCCCO.O. The zero-order valence-corrected chi connectivity index (χ0v) is 22.5. The second kappa shape index (κ2) is 33.1. The van der Waals surface area contributed by atoms with Gasteiger partial charge in [0.05, 0.1) is 0 Å². The molecule has 0 atom stereocenters. The van der Waals surface area contributed by atoms with E-state index in [2.05, 4.69) is 6.92 Å². The summed E-state index contributed by atoms with van der Waals surface area (Å²) in [5, 5.41) is 8.76. The largest absolute Gasteiger partial charge is 0.412 e. The molecule has 2 heteroatoms. The third kappa shape index (κ3) is 32.1. The smallest absolute Gasteiger partial charge is 0.0431 e. The van der Waals surface area contributed by atoms with Gasteiger partial charge in [0.15, 0.2) is 0 Å². The Bertz CT molecular complexity index is 265. The van der Waals surface area contributed by atoms with Crippen LogP contribution in [0.2, 0.25) is 0 Å². The number of aliphatic hydroxyl groups is 1. The van der Waals surface area contributed by atoms with Gasteiger partial charge in [-0.2, -0.15) is 0 Å². The normalized spacial score (nSPS) is 11.1. The Labute approximate surface area is 204 Å². The molecule has 3 N–H and O–H groups in total. The third-order valence-corrected chi connectivity index (χ3v) is 7.01. The van der Waals surface area contributed by atoms with Crippen molar-refractivity contribution >= 4 is 0 Å². The summed E-state index contributed by atoms with van der Waals surface area (Å²) in [6.07, 6.45) is 40.1. The van der Waals surface area contributed by atoms with Crippen LogP contribution in [-0.4, -0.2) is 17.2 Å². The van der Waals surface area contributed by atoms with Crippen molar-refractivity contribution < 1.29 is 10.6 Å². The molecule has 0 unspecified atom stereocenters. The topological polar surface area (TPSA) is 51.7 Å². The molecular weight excluding hydrogens is 392 g/mol. The van der Waals surface area contributed by atoms with Gasteiger partial charge in [0.1, 0.15) is 0 Å². The van der Waals surface area contributed by atoms with Gasteiger partial charge in [-0.3, -0.25) is 0 Å². The minimum Gasteiger partial charge on any atom is -0.412 e. The molecule has 0 aliphatic rings. The summed E-state index contributed by atoms with van der Waals surface area (Å²) < 4.78 is 0. The van der Waals surface area contributed by atoms with E-state index in [-0.39, 0.29) is 5.48 Å². The fourth-order valence-electron chi connectivity index (χ4n) is 4.78. The minimum absolute atomic E-state index is 0. The summed E-state index contributed by atoms with van der Waals surface area (Å²) in [5.74, 6) is 0. The molecule has 0 rings (SSSR count). The molecule has 0 heterocycles. The van der Waals surface area contributed by atoms with Crippen LogP contribution in [0.1, 0.15) is 187 Å². The lowest BCUT2D eigenvalue weighted by Gasteiger charge is -2.04. The van der Waals surface area contributed by atoms with Crippen LogP contribution < -0.4 is 0 Å². The van der Waals surface area contributed by atoms with Crippen LogP contribution in [-0.2, 0) is 0 Å². The molecule has 0 aromatic carbocycles. The first-order valence-corrected chi connectivity index (χ1v) is 15.0. The standard InChI is InChI=1S/C30H62O.H2O/c1-2-3-4-5-6-7-8-9-10-11-12-13-14-15-16-17-18-19-20-21-22-23-24-25-26-27-28-29-30-31;/h31H,2-30H2,1H3;1H2. The van der Waals surface area contributed by atoms with E-state index in [0.717, 1.165) is 6.42 Å². The monoisotopic (exact) mass is 456 g/mol. The van der Waals surface area contributed by atoms with E-state index in [1.54, 1.807) is 0 Å². The van der Waals surface area contributed by atoms with E-state index in [0.29, 0.717) is 6.61 Å². The number of hydrogen-bond donors (Lipinski definition) is 1. The van der Waals surface area contributed by atoms with E-state index >= 15 is 0 Å². The maximum atomic E-state index is 8.76. The quantitative estimate of drug-likeness (QED) is 0.117. The molecule has 0 saturated carbocycles. The van der Waals surface area contributed by atoms with Crippen molar-refractivity contribution in [3.8, 4) is 0 Å². The zero-order valence-electron chi connectivity index (χ0n) is 22.5. The first-order valence-electron chi connectivity index (χ1n) is 15.0.